The van der Waals surface area contributed by atoms with E-state index in [1.807, 2.05) is 18.7 Å². The molecule has 1 heterocycles. The molecule has 0 unspecified atom stereocenters. The standard InChI is InChI=1S/C16H18Cl2N4O/c1-4-22(5-2)14-9-13(19-10(3)20-14)16(23)21-15-11(17)7-6-8-12(15)18/h6-9H,4-5H2,1-3H3,(H,21,23). The quantitative estimate of drug-likeness (QED) is 0.876. The number of hydrogen-bond donors (Lipinski definition) is 1. The Morgan fingerprint density at radius 2 is 1.78 bits per heavy atom. The molecule has 0 bridgehead atoms. The minimum absolute atomic E-state index is 0.274. The van der Waals surface area contributed by atoms with Crippen LogP contribution >= 0.6 is 23.2 Å². The zero-order valence-corrected chi connectivity index (χ0v) is 14.7. The number of rotatable bonds is 5. The molecule has 0 atom stereocenters. The molecular weight excluding hydrogens is 335 g/mol. The van der Waals surface area contributed by atoms with Gasteiger partial charge in [-0.15, -0.1) is 0 Å². The number of nitrogens with zero attached hydrogens (tertiary/aromatic N) is 3. The summed E-state index contributed by atoms with van der Waals surface area (Å²) in [7, 11) is 0. The van der Waals surface area contributed by atoms with E-state index in [9.17, 15) is 4.79 Å². The van der Waals surface area contributed by atoms with Crippen molar-refractivity contribution in [3.05, 3.63) is 45.8 Å². The molecule has 0 fully saturated rings. The first-order valence-electron chi connectivity index (χ1n) is 7.32. The van der Waals surface area contributed by atoms with Gasteiger partial charge < -0.3 is 10.2 Å². The number of hydrogen-bond acceptors (Lipinski definition) is 4. The number of nitrogens with one attached hydrogen (secondary N) is 1. The molecule has 5 nitrogen and oxygen atoms in total. The van der Waals surface area contributed by atoms with Crippen molar-refractivity contribution in [2.45, 2.75) is 20.8 Å². The van der Waals surface area contributed by atoms with Crippen molar-refractivity contribution in [2.75, 3.05) is 23.3 Å². The second kappa shape index (κ2) is 7.62. The third kappa shape index (κ3) is 4.12. The zero-order chi connectivity index (χ0) is 17.0. The lowest BCUT2D eigenvalue weighted by Gasteiger charge is -2.20. The van der Waals surface area contributed by atoms with Crippen molar-refractivity contribution in [3.8, 4) is 0 Å². The van der Waals surface area contributed by atoms with Gasteiger partial charge in [0, 0.05) is 19.2 Å². The number of aromatic nitrogens is 2. The fourth-order valence-corrected chi connectivity index (χ4v) is 2.66. The molecule has 1 aromatic carbocycles. The minimum atomic E-state index is -0.376. The maximum absolute atomic E-state index is 12.5. The number of aryl methyl sites for hydroxylation is 1. The molecule has 0 saturated heterocycles. The fourth-order valence-electron chi connectivity index (χ4n) is 2.17. The van der Waals surface area contributed by atoms with Gasteiger partial charge in [0.05, 0.1) is 15.7 Å². The number of benzene rings is 1. The van der Waals surface area contributed by atoms with Gasteiger partial charge in [0.1, 0.15) is 17.3 Å². The van der Waals surface area contributed by atoms with E-state index in [1.165, 1.54) is 0 Å². The molecule has 1 amide bonds. The maximum Gasteiger partial charge on any atom is 0.274 e. The Labute approximate surface area is 145 Å². The van der Waals surface area contributed by atoms with Gasteiger partial charge in [-0.1, -0.05) is 29.3 Å². The second-order valence-electron chi connectivity index (χ2n) is 4.88. The normalized spacial score (nSPS) is 10.5. The Kier molecular flexibility index (Phi) is 5.80. The molecule has 23 heavy (non-hydrogen) atoms. The number of halogens is 2. The molecule has 0 aliphatic rings. The Balaban J connectivity index is 2.32. The minimum Gasteiger partial charge on any atom is -0.357 e. The lowest BCUT2D eigenvalue weighted by atomic mass is 10.3. The monoisotopic (exact) mass is 352 g/mol. The number of amides is 1. The molecular formula is C16H18Cl2N4O. The van der Waals surface area contributed by atoms with Crippen LogP contribution in [0.5, 0.6) is 0 Å². The molecule has 0 saturated carbocycles. The fraction of sp³-hybridized carbons (Fsp3) is 0.312. The van der Waals surface area contributed by atoms with Crippen LogP contribution in [0.15, 0.2) is 24.3 Å². The third-order valence-corrected chi connectivity index (χ3v) is 3.98. The predicted octanol–water partition coefficient (Wildman–Crippen LogP) is 4.19. The smallest absolute Gasteiger partial charge is 0.274 e. The molecule has 1 aromatic heterocycles. The van der Waals surface area contributed by atoms with E-state index in [4.69, 9.17) is 23.2 Å². The van der Waals surface area contributed by atoms with Crippen LogP contribution in [-0.2, 0) is 0 Å². The Hall–Kier alpha value is -1.85. The van der Waals surface area contributed by atoms with E-state index >= 15 is 0 Å². The summed E-state index contributed by atoms with van der Waals surface area (Å²) in [5.74, 6) is 0.876. The summed E-state index contributed by atoms with van der Waals surface area (Å²) in [6.45, 7) is 7.41. The largest absolute Gasteiger partial charge is 0.357 e. The van der Waals surface area contributed by atoms with Crippen LogP contribution in [0.25, 0.3) is 0 Å². The van der Waals surface area contributed by atoms with Gasteiger partial charge in [0.2, 0.25) is 0 Å². The lowest BCUT2D eigenvalue weighted by Crippen LogP contribution is -2.25. The van der Waals surface area contributed by atoms with Crippen LogP contribution < -0.4 is 10.2 Å². The van der Waals surface area contributed by atoms with Crippen LogP contribution in [0.2, 0.25) is 10.0 Å². The molecule has 7 heteroatoms. The summed E-state index contributed by atoms with van der Waals surface area (Å²) in [5, 5.41) is 3.46. The molecule has 0 aliphatic carbocycles. The predicted molar refractivity (Wildman–Crippen MR) is 94.7 cm³/mol. The van der Waals surface area contributed by atoms with Crippen molar-refractivity contribution in [3.63, 3.8) is 0 Å². The van der Waals surface area contributed by atoms with Crippen LogP contribution in [0.4, 0.5) is 11.5 Å². The highest BCUT2D eigenvalue weighted by Crippen LogP contribution is 2.30. The first kappa shape index (κ1) is 17.5. The van der Waals surface area contributed by atoms with Gasteiger partial charge >= 0.3 is 0 Å². The van der Waals surface area contributed by atoms with Gasteiger partial charge in [0.15, 0.2) is 0 Å². The van der Waals surface area contributed by atoms with Gasteiger partial charge in [-0.3, -0.25) is 4.79 Å². The van der Waals surface area contributed by atoms with Crippen LogP contribution in [0.1, 0.15) is 30.2 Å². The second-order valence-corrected chi connectivity index (χ2v) is 5.70. The molecule has 0 spiro atoms. The summed E-state index contributed by atoms with van der Waals surface area (Å²) in [6, 6.07) is 6.71. The molecule has 0 aliphatic heterocycles. The molecule has 122 valence electrons. The number of carbonyl (C=O) groups is 1. The van der Waals surface area contributed by atoms with Crippen molar-refractivity contribution in [1.29, 1.82) is 0 Å². The maximum atomic E-state index is 12.5. The SMILES string of the molecule is CCN(CC)c1cc(C(=O)Nc2c(Cl)cccc2Cl)nc(C)n1. The van der Waals surface area contributed by atoms with Gasteiger partial charge in [-0.05, 0) is 32.9 Å². The first-order valence-corrected chi connectivity index (χ1v) is 8.07. The average Bonchev–Trinajstić information content (AvgIpc) is 2.51. The Morgan fingerprint density at radius 3 is 2.35 bits per heavy atom. The molecule has 1 N–H and O–H groups in total. The Morgan fingerprint density at radius 1 is 1.17 bits per heavy atom. The molecule has 0 radical (unpaired) electrons. The topological polar surface area (TPSA) is 58.1 Å². The summed E-state index contributed by atoms with van der Waals surface area (Å²) >= 11 is 12.2. The summed E-state index contributed by atoms with van der Waals surface area (Å²) in [5.41, 5.74) is 0.650. The van der Waals surface area contributed by atoms with Crippen LogP contribution in [-0.4, -0.2) is 29.0 Å². The van der Waals surface area contributed by atoms with E-state index < -0.39 is 0 Å². The van der Waals surface area contributed by atoms with Crippen molar-refractivity contribution >= 4 is 40.6 Å². The average molecular weight is 353 g/mol. The summed E-state index contributed by atoms with van der Waals surface area (Å²) < 4.78 is 0. The van der Waals surface area contributed by atoms with Crippen molar-refractivity contribution in [1.82, 2.24) is 9.97 Å². The third-order valence-electron chi connectivity index (χ3n) is 3.35. The van der Waals surface area contributed by atoms with Crippen molar-refractivity contribution < 1.29 is 4.79 Å². The van der Waals surface area contributed by atoms with E-state index in [1.54, 1.807) is 31.2 Å². The highest BCUT2D eigenvalue weighted by molar-refractivity contribution is 6.40. The zero-order valence-electron chi connectivity index (χ0n) is 13.2. The van der Waals surface area contributed by atoms with E-state index in [0.717, 1.165) is 18.9 Å². The lowest BCUT2D eigenvalue weighted by molar-refractivity contribution is 0.102. The highest BCUT2D eigenvalue weighted by Gasteiger charge is 2.16. The van der Waals surface area contributed by atoms with Crippen molar-refractivity contribution in [2.24, 2.45) is 0 Å². The van der Waals surface area contributed by atoms with E-state index in [2.05, 4.69) is 15.3 Å². The molecule has 2 rings (SSSR count). The summed E-state index contributed by atoms with van der Waals surface area (Å²) in [6.07, 6.45) is 0. The van der Waals surface area contributed by atoms with Crippen LogP contribution in [0, 0.1) is 6.92 Å². The number of anilines is 2. The van der Waals surface area contributed by atoms with E-state index in [0.29, 0.717) is 21.6 Å². The molecule has 2 aromatic rings. The first-order chi connectivity index (χ1) is 11.0. The van der Waals surface area contributed by atoms with Gasteiger partial charge in [-0.2, -0.15) is 0 Å². The van der Waals surface area contributed by atoms with E-state index in [-0.39, 0.29) is 11.6 Å². The highest BCUT2D eigenvalue weighted by atomic mass is 35.5. The van der Waals surface area contributed by atoms with Gasteiger partial charge in [-0.25, -0.2) is 9.97 Å². The summed E-state index contributed by atoms with van der Waals surface area (Å²) in [4.78, 5) is 23.1. The van der Waals surface area contributed by atoms with Gasteiger partial charge in [0.25, 0.3) is 5.91 Å². The van der Waals surface area contributed by atoms with Crippen LogP contribution in [0.3, 0.4) is 0 Å². The number of carbonyl (C=O) groups excluding carboxylic acids is 1. The Bertz CT molecular complexity index is 697. The number of para-hydroxylation sites is 1.